The van der Waals surface area contributed by atoms with E-state index in [2.05, 4.69) is 11.1 Å². The molecule has 5 aromatic rings. The highest BCUT2D eigenvalue weighted by Crippen LogP contribution is 2.43. The van der Waals surface area contributed by atoms with E-state index in [-0.39, 0.29) is 5.91 Å². The third-order valence-corrected chi connectivity index (χ3v) is 5.97. The van der Waals surface area contributed by atoms with Gasteiger partial charge in [0, 0.05) is 11.6 Å². The Morgan fingerprint density at radius 2 is 1.70 bits per heavy atom. The van der Waals surface area contributed by atoms with Gasteiger partial charge < -0.3 is 4.74 Å². The van der Waals surface area contributed by atoms with E-state index in [1.54, 1.807) is 10.8 Å². The summed E-state index contributed by atoms with van der Waals surface area (Å²) in [4.78, 5) is 17.5. The molecule has 0 amide bonds. The van der Waals surface area contributed by atoms with Crippen molar-refractivity contribution in [3.05, 3.63) is 108 Å². The van der Waals surface area contributed by atoms with Crippen LogP contribution in [0.15, 0.2) is 91.1 Å². The fraction of sp³-hybridized carbons (Fsp3) is 0.0357. The minimum absolute atomic E-state index is 0.138. The molecule has 0 atom stereocenters. The Bertz CT molecular complexity index is 1590. The third kappa shape index (κ3) is 3.00. The van der Waals surface area contributed by atoms with Crippen LogP contribution in [0.1, 0.15) is 21.6 Å². The lowest BCUT2D eigenvalue weighted by Gasteiger charge is -2.14. The van der Waals surface area contributed by atoms with E-state index in [9.17, 15) is 10.1 Å². The number of hydrogen-bond acceptors (Lipinski definition) is 4. The van der Waals surface area contributed by atoms with Crippen LogP contribution in [0.25, 0.3) is 33.3 Å². The van der Waals surface area contributed by atoms with Gasteiger partial charge in [0.25, 0.3) is 5.91 Å². The number of nitriles is 1. The molecule has 0 radical (unpaired) electrons. The van der Waals surface area contributed by atoms with Crippen LogP contribution in [-0.4, -0.2) is 15.5 Å². The average molecular weight is 427 g/mol. The van der Waals surface area contributed by atoms with Crippen molar-refractivity contribution in [2.24, 2.45) is 0 Å². The first kappa shape index (κ1) is 19.0. The van der Waals surface area contributed by atoms with Gasteiger partial charge in [0.1, 0.15) is 18.1 Å². The molecule has 6 rings (SSSR count). The zero-order chi connectivity index (χ0) is 22.4. The average Bonchev–Trinajstić information content (AvgIpc) is 3.45. The molecule has 5 nitrogen and oxygen atoms in total. The van der Waals surface area contributed by atoms with Crippen LogP contribution >= 0.6 is 0 Å². The van der Waals surface area contributed by atoms with E-state index >= 15 is 0 Å². The fourth-order valence-corrected chi connectivity index (χ4v) is 4.37. The Kier molecular flexibility index (Phi) is 4.31. The first-order chi connectivity index (χ1) is 16.2. The lowest BCUT2D eigenvalue weighted by molar-refractivity contribution is 0.0965. The number of pyridine rings is 1. The van der Waals surface area contributed by atoms with Crippen LogP contribution in [0, 0.1) is 11.3 Å². The van der Waals surface area contributed by atoms with Crippen molar-refractivity contribution in [3.63, 3.8) is 0 Å². The molecule has 0 saturated heterocycles. The summed E-state index contributed by atoms with van der Waals surface area (Å²) in [5.41, 5.74) is 6.21. The maximum absolute atomic E-state index is 12.9. The van der Waals surface area contributed by atoms with E-state index in [0.29, 0.717) is 23.6 Å². The molecule has 0 unspecified atom stereocenters. The summed E-state index contributed by atoms with van der Waals surface area (Å²) >= 11 is 0. The summed E-state index contributed by atoms with van der Waals surface area (Å²) < 4.78 is 7.97. The van der Waals surface area contributed by atoms with Gasteiger partial charge >= 0.3 is 0 Å². The zero-order valence-corrected chi connectivity index (χ0v) is 17.5. The highest BCUT2D eigenvalue weighted by Gasteiger charge is 2.32. The third-order valence-electron chi connectivity index (χ3n) is 5.97. The Morgan fingerprint density at radius 3 is 2.55 bits per heavy atom. The van der Waals surface area contributed by atoms with E-state index in [0.717, 1.165) is 38.9 Å². The summed E-state index contributed by atoms with van der Waals surface area (Å²) in [6.45, 7) is 0.343. The maximum atomic E-state index is 12.9. The van der Waals surface area contributed by atoms with Gasteiger partial charge in [-0.1, -0.05) is 54.6 Å². The molecule has 2 aromatic heterocycles. The summed E-state index contributed by atoms with van der Waals surface area (Å²) in [6, 6.07) is 29.3. The van der Waals surface area contributed by atoms with Crippen LogP contribution in [0.3, 0.4) is 0 Å². The highest BCUT2D eigenvalue weighted by atomic mass is 16.5. The lowest BCUT2D eigenvalue weighted by Crippen LogP contribution is -2.06. The monoisotopic (exact) mass is 427 g/mol. The van der Waals surface area contributed by atoms with Crippen molar-refractivity contribution >= 4 is 16.8 Å². The number of carbonyl (C=O) groups is 1. The van der Waals surface area contributed by atoms with Crippen molar-refractivity contribution in [2.45, 2.75) is 6.61 Å². The molecule has 0 fully saturated rings. The van der Waals surface area contributed by atoms with Gasteiger partial charge in [0.05, 0.1) is 28.4 Å². The van der Waals surface area contributed by atoms with Gasteiger partial charge in [0.15, 0.2) is 0 Å². The van der Waals surface area contributed by atoms with Crippen LogP contribution in [0.5, 0.6) is 5.75 Å². The fourth-order valence-electron chi connectivity index (χ4n) is 4.37. The van der Waals surface area contributed by atoms with Crippen molar-refractivity contribution in [1.82, 2.24) is 9.55 Å². The smallest absolute Gasteiger partial charge is 0.281 e. The van der Waals surface area contributed by atoms with Crippen LogP contribution in [0.2, 0.25) is 0 Å². The minimum atomic E-state index is -0.138. The molecule has 156 valence electrons. The molecule has 0 saturated carbocycles. The Hall–Kier alpha value is -4.69. The SMILES string of the molecule is N#Cc1ccccc1-c1ccc(COc2c3c(nc4ccccc24)C(=O)n2cccc2-3)cc1. The standard InChI is InChI=1S/C28H17N3O2/c29-16-20-6-1-2-7-21(20)19-13-11-18(12-14-19)17-33-27-22-8-3-4-9-23(22)30-26-25(27)24-10-5-15-31(24)28(26)32/h1-15H,17H2. The highest BCUT2D eigenvalue weighted by molar-refractivity contribution is 6.12. The van der Waals surface area contributed by atoms with Gasteiger partial charge in [-0.3, -0.25) is 9.36 Å². The zero-order valence-electron chi connectivity index (χ0n) is 17.5. The van der Waals surface area contributed by atoms with Crippen molar-refractivity contribution < 1.29 is 9.53 Å². The molecular weight excluding hydrogens is 410 g/mol. The molecular formula is C28H17N3O2. The number of hydrogen-bond donors (Lipinski definition) is 0. The lowest BCUT2D eigenvalue weighted by atomic mass is 9.99. The predicted molar refractivity (Wildman–Crippen MR) is 126 cm³/mol. The molecule has 0 bridgehead atoms. The molecule has 0 N–H and O–H groups in total. The number of benzene rings is 3. The summed E-state index contributed by atoms with van der Waals surface area (Å²) in [5.74, 6) is 0.529. The van der Waals surface area contributed by atoms with Crippen molar-refractivity contribution in [1.29, 1.82) is 5.26 Å². The summed E-state index contributed by atoms with van der Waals surface area (Å²) in [7, 11) is 0. The maximum Gasteiger partial charge on any atom is 0.281 e. The first-order valence-corrected chi connectivity index (χ1v) is 10.6. The van der Waals surface area contributed by atoms with Crippen LogP contribution in [0.4, 0.5) is 0 Å². The molecule has 5 heteroatoms. The molecule has 3 aromatic carbocycles. The number of fused-ring (bicyclic) bond motifs is 4. The predicted octanol–water partition coefficient (Wildman–Crippen LogP) is 5.82. The molecule has 33 heavy (non-hydrogen) atoms. The first-order valence-electron chi connectivity index (χ1n) is 10.6. The van der Waals surface area contributed by atoms with Crippen LogP contribution < -0.4 is 4.74 Å². The minimum Gasteiger partial charge on any atom is -0.487 e. The second-order valence-corrected chi connectivity index (χ2v) is 7.89. The Balaban J connectivity index is 1.37. The second-order valence-electron chi connectivity index (χ2n) is 7.89. The second kappa shape index (κ2) is 7.47. The van der Waals surface area contributed by atoms with Gasteiger partial charge in [0.2, 0.25) is 0 Å². The van der Waals surface area contributed by atoms with E-state index in [1.165, 1.54) is 0 Å². The van der Waals surface area contributed by atoms with Crippen molar-refractivity contribution in [2.75, 3.05) is 0 Å². The summed E-state index contributed by atoms with van der Waals surface area (Å²) in [5, 5.41) is 10.3. The topological polar surface area (TPSA) is 67.9 Å². The Morgan fingerprint density at radius 1 is 0.909 bits per heavy atom. The molecule has 0 spiro atoms. The largest absolute Gasteiger partial charge is 0.487 e. The van der Waals surface area contributed by atoms with E-state index in [1.807, 2.05) is 84.9 Å². The normalized spacial score (nSPS) is 11.8. The number of aromatic nitrogens is 2. The number of rotatable bonds is 4. The molecule has 0 aliphatic carbocycles. The van der Waals surface area contributed by atoms with E-state index < -0.39 is 0 Å². The van der Waals surface area contributed by atoms with Crippen molar-refractivity contribution in [3.8, 4) is 34.2 Å². The summed E-state index contributed by atoms with van der Waals surface area (Å²) in [6.07, 6.45) is 1.76. The molecule has 1 aliphatic rings. The Labute approximate surface area is 190 Å². The number of para-hydroxylation sites is 1. The van der Waals surface area contributed by atoms with Gasteiger partial charge in [-0.05, 0) is 47.0 Å². The number of nitrogens with zero attached hydrogens (tertiary/aromatic N) is 3. The van der Waals surface area contributed by atoms with Gasteiger partial charge in [-0.25, -0.2) is 4.98 Å². The number of ether oxygens (including phenoxy) is 1. The van der Waals surface area contributed by atoms with Gasteiger partial charge in [-0.2, -0.15) is 5.26 Å². The quantitative estimate of drug-likeness (QED) is 0.355. The van der Waals surface area contributed by atoms with Gasteiger partial charge in [-0.15, -0.1) is 0 Å². The molecule has 3 heterocycles. The molecule has 1 aliphatic heterocycles. The van der Waals surface area contributed by atoms with E-state index in [4.69, 9.17) is 4.74 Å². The number of carbonyl (C=O) groups excluding carboxylic acids is 1. The van der Waals surface area contributed by atoms with Crippen LogP contribution in [-0.2, 0) is 6.61 Å².